The molecular formula is C4H5ClO3. The van der Waals surface area contributed by atoms with Crippen molar-refractivity contribution in [3.8, 4) is 0 Å². The highest BCUT2D eigenvalue weighted by Gasteiger charge is 2.02. The van der Waals surface area contributed by atoms with Crippen molar-refractivity contribution in [2.24, 2.45) is 0 Å². The monoisotopic (exact) mass is 136 g/mol. The molecule has 0 bridgehead atoms. The van der Waals surface area contributed by atoms with E-state index in [0.29, 0.717) is 6.26 Å². The summed E-state index contributed by atoms with van der Waals surface area (Å²) in [5.74, 6) is -1.37. The molecule has 0 aromatic rings. The normalized spacial score (nSPS) is 11.4. The van der Waals surface area contributed by atoms with Gasteiger partial charge in [0.2, 0.25) is 0 Å². The van der Waals surface area contributed by atoms with Crippen molar-refractivity contribution >= 4 is 17.6 Å². The maximum absolute atomic E-state index is 9.85. The Balaban J connectivity index is 3.92. The van der Waals surface area contributed by atoms with Crippen LogP contribution in [0, 0.1) is 0 Å². The van der Waals surface area contributed by atoms with Crippen LogP contribution in [-0.2, 0) is 4.79 Å². The van der Waals surface area contributed by atoms with E-state index >= 15 is 0 Å². The van der Waals surface area contributed by atoms with Gasteiger partial charge >= 0.3 is 5.97 Å². The van der Waals surface area contributed by atoms with Gasteiger partial charge in [-0.3, -0.25) is 0 Å². The lowest BCUT2D eigenvalue weighted by atomic mass is 10.3. The van der Waals surface area contributed by atoms with Crippen LogP contribution < -0.4 is 0 Å². The number of hydrogen-bond acceptors (Lipinski definition) is 2. The minimum atomic E-state index is -1.19. The van der Waals surface area contributed by atoms with E-state index < -0.39 is 5.97 Å². The number of aliphatic hydroxyl groups is 1. The van der Waals surface area contributed by atoms with Crippen molar-refractivity contribution in [2.45, 2.75) is 0 Å². The van der Waals surface area contributed by atoms with E-state index in [1.54, 1.807) is 0 Å². The second-order valence-corrected chi connectivity index (χ2v) is 1.36. The number of carbonyl (C=O) groups is 1. The highest BCUT2D eigenvalue weighted by atomic mass is 35.5. The summed E-state index contributed by atoms with van der Waals surface area (Å²) < 4.78 is 0. The van der Waals surface area contributed by atoms with Crippen LogP contribution in [0.3, 0.4) is 0 Å². The number of aliphatic carboxylic acids is 1. The Labute approximate surface area is 51.2 Å². The third kappa shape index (κ3) is 1.84. The third-order valence-electron chi connectivity index (χ3n) is 0.575. The van der Waals surface area contributed by atoms with Gasteiger partial charge < -0.3 is 10.2 Å². The van der Waals surface area contributed by atoms with Gasteiger partial charge in [-0.15, -0.1) is 11.6 Å². The molecule has 0 aliphatic carbocycles. The summed E-state index contributed by atoms with van der Waals surface area (Å²) in [7, 11) is 0. The van der Waals surface area contributed by atoms with Crippen LogP contribution in [0.1, 0.15) is 0 Å². The molecular weight excluding hydrogens is 131 g/mol. The first-order valence-electron chi connectivity index (χ1n) is 1.85. The SMILES string of the molecule is O=C(O)C(=CO)CCl. The van der Waals surface area contributed by atoms with Crippen LogP contribution >= 0.6 is 11.6 Å². The second-order valence-electron chi connectivity index (χ2n) is 1.09. The third-order valence-corrected chi connectivity index (χ3v) is 0.862. The summed E-state index contributed by atoms with van der Waals surface area (Å²) in [6.45, 7) is 0. The van der Waals surface area contributed by atoms with E-state index in [1.807, 2.05) is 0 Å². The zero-order valence-electron chi connectivity index (χ0n) is 3.97. The Bertz CT molecular complexity index is 118. The van der Waals surface area contributed by atoms with Gasteiger partial charge in [-0.2, -0.15) is 0 Å². The number of rotatable bonds is 2. The molecule has 0 atom stereocenters. The average Bonchev–Trinajstić information content (AvgIpc) is 1.69. The van der Waals surface area contributed by atoms with Gasteiger partial charge in [-0.05, 0) is 0 Å². The molecule has 0 saturated carbocycles. The van der Waals surface area contributed by atoms with Gasteiger partial charge in [0.05, 0.1) is 17.7 Å². The van der Waals surface area contributed by atoms with Crippen LogP contribution in [0.25, 0.3) is 0 Å². The maximum atomic E-state index is 9.85. The van der Waals surface area contributed by atoms with Crippen LogP contribution in [0.5, 0.6) is 0 Å². The predicted molar refractivity (Wildman–Crippen MR) is 29.1 cm³/mol. The second kappa shape index (κ2) is 3.32. The molecule has 0 saturated heterocycles. The molecule has 0 unspecified atom stereocenters. The van der Waals surface area contributed by atoms with Crippen LogP contribution in [0.2, 0.25) is 0 Å². The zero-order valence-corrected chi connectivity index (χ0v) is 4.72. The fourth-order valence-corrected chi connectivity index (χ4v) is 0.330. The number of carboxylic acids is 1. The molecule has 4 heteroatoms. The molecule has 46 valence electrons. The van der Waals surface area contributed by atoms with Crippen molar-refractivity contribution in [3.63, 3.8) is 0 Å². The van der Waals surface area contributed by atoms with Gasteiger partial charge in [0.1, 0.15) is 0 Å². The summed E-state index contributed by atoms with van der Waals surface area (Å²) in [6, 6.07) is 0. The number of hydrogen-bond donors (Lipinski definition) is 2. The summed E-state index contributed by atoms with van der Waals surface area (Å²) in [6.07, 6.45) is 0.481. The molecule has 0 amide bonds. The molecule has 3 nitrogen and oxygen atoms in total. The summed E-state index contributed by atoms with van der Waals surface area (Å²) in [5, 5.41) is 16.1. The quantitative estimate of drug-likeness (QED) is 0.335. The first-order chi connectivity index (χ1) is 3.72. The minimum absolute atomic E-state index is 0.175. The van der Waals surface area contributed by atoms with E-state index in [1.165, 1.54) is 0 Å². The van der Waals surface area contributed by atoms with Gasteiger partial charge in [0.25, 0.3) is 0 Å². The zero-order chi connectivity index (χ0) is 6.57. The van der Waals surface area contributed by atoms with E-state index in [-0.39, 0.29) is 11.5 Å². The highest BCUT2D eigenvalue weighted by Crippen LogP contribution is 1.94. The van der Waals surface area contributed by atoms with Gasteiger partial charge in [-0.1, -0.05) is 0 Å². The van der Waals surface area contributed by atoms with E-state index in [9.17, 15) is 4.79 Å². The fraction of sp³-hybridized carbons (Fsp3) is 0.250. The Morgan fingerprint density at radius 2 is 2.25 bits per heavy atom. The molecule has 0 spiro atoms. The summed E-state index contributed by atoms with van der Waals surface area (Å²) >= 11 is 5.05. The van der Waals surface area contributed by atoms with E-state index in [0.717, 1.165) is 0 Å². The molecule has 0 aromatic heterocycles. The van der Waals surface area contributed by atoms with Crippen LogP contribution in [0.4, 0.5) is 0 Å². The minimum Gasteiger partial charge on any atom is -0.515 e. The Morgan fingerprint density at radius 3 is 2.25 bits per heavy atom. The fourth-order valence-electron chi connectivity index (χ4n) is 0.147. The molecule has 0 rings (SSSR count). The Morgan fingerprint density at radius 1 is 1.75 bits per heavy atom. The average molecular weight is 137 g/mol. The van der Waals surface area contributed by atoms with Gasteiger partial charge in [-0.25, -0.2) is 4.79 Å². The van der Waals surface area contributed by atoms with Gasteiger partial charge in [0.15, 0.2) is 0 Å². The van der Waals surface area contributed by atoms with E-state index in [4.69, 9.17) is 21.8 Å². The molecule has 0 aliphatic rings. The Kier molecular flexibility index (Phi) is 3.03. The number of alkyl halides is 1. The maximum Gasteiger partial charge on any atom is 0.335 e. The predicted octanol–water partition coefficient (Wildman–Crippen LogP) is 0.752. The first kappa shape index (κ1) is 7.30. The van der Waals surface area contributed by atoms with Crippen molar-refractivity contribution < 1.29 is 15.0 Å². The van der Waals surface area contributed by atoms with Crippen molar-refractivity contribution in [2.75, 3.05) is 5.88 Å². The Hall–Kier alpha value is -0.700. The van der Waals surface area contributed by atoms with Crippen molar-refractivity contribution in [3.05, 3.63) is 11.8 Å². The lowest BCUT2D eigenvalue weighted by Gasteiger charge is -1.88. The molecule has 0 aromatic carbocycles. The molecule has 0 fully saturated rings. The lowest BCUT2D eigenvalue weighted by Crippen LogP contribution is -2.00. The number of carboxylic acid groups (broad SMARTS) is 1. The van der Waals surface area contributed by atoms with Gasteiger partial charge in [0, 0.05) is 0 Å². The molecule has 0 aliphatic heterocycles. The van der Waals surface area contributed by atoms with E-state index in [2.05, 4.69) is 0 Å². The largest absolute Gasteiger partial charge is 0.515 e. The first-order valence-corrected chi connectivity index (χ1v) is 2.38. The van der Waals surface area contributed by atoms with Crippen LogP contribution in [-0.4, -0.2) is 22.1 Å². The molecule has 0 radical (unpaired) electrons. The van der Waals surface area contributed by atoms with Crippen molar-refractivity contribution in [1.29, 1.82) is 0 Å². The van der Waals surface area contributed by atoms with Crippen LogP contribution in [0.15, 0.2) is 11.8 Å². The summed E-state index contributed by atoms with van der Waals surface area (Å²) in [5.41, 5.74) is -0.202. The molecule has 0 heterocycles. The van der Waals surface area contributed by atoms with Crippen molar-refractivity contribution in [1.82, 2.24) is 0 Å². The smallest absolute Gasteiger partial charge is 0.335 e. The standard InChI is InChI=1S/C4H5ClO3/c5-1-3(2-6)4(7)8/h2,6H,1H2,(H,7,8). The summed E-state index contributed by atoms with van der Waals surface area (Å²) in [4.78, 5) is 9.85. The number of halogens is 1. The molecule has 8 heavy (non-hydrogen) atoms. The highest BCUT2D eigenvalue weighted by molar-refractivity contribution is 6.22. The lowest BCUT2D eigenvalue weighted by molar-refractivity contribution is -0.132. The number of aliphatic hydroxyl groups excluding tert-OH is 1. The topological polar surface area (TPSA) is 57.5 Å². The molecule has 2 N–H and O–H groups in total.